The Labute approximate surface area is 218 Å². The lowest BCUT2D eigenvalue weighted by Gasteiger charge is -2.24. The molecule has 3 heterocycles. The molecule has 0 saturated carbocycles. The smallest absolute Gasteiger partial charge is 0.354 e. The maximum atomic E-state index is 13.1. The van der Waals surface area contributed by atoms with E-state index in [2.05, 4.69) is 4.90 Å². The van der Waals surface area contributed by atoms with Gasteiger partial charge in [0.2, 0.25) is 0 Å². The second-order valence-corrected chi connectivity index (χ2v) is 9.56. The molecule has 0 aliphatic carbocycles. The van der Waals surface area contributed by atoms with Gasteiger partial charge in [-0.25, -0.2) is 14.6 Å². The zero-order valence-corrected chi connectivity index (χ0v) is 21.6. The molecule has 0 radical (unpaired) electrons. The summed E-state index contributed by atoms with van der Waals surface area (Å²) < 4.78 is 40.6. The SMILES string of the molecule is CCc1nc(N2CCCN(C(=O)c3ccc(C(F)(F)F)cc3)CC2)c2c(C)nn(-c3ccc(C)cc3)c2n1. The van der Waals surface area contributed by atoms with E-state index in [0.29, 0.717) is 44.8 Å². The highest BCUT2D eigenvalue weighted by Crippen LogP contribution is 2.31. The molecule has 0 spiro atoms. The van der Waals surface area contributed by atoms with E-state index in [0.717, 1.165) is 45.9 Å². The van der Waals surface area contributed by atoms with Crippen LogP contribution >= 0.6 is 0 Å². The van der Waals surface area contributed by atoms with E-state index in [9.17, 15) is 18.0 Å². The van der Waals surface area contributed by atoms with Crippen LogP contribution in [0.15, 0.2) is 48.5 Å². The Balaban J connectivity index is 1.43. The fourth-order valence-corrected chi connectivity index (χ4v) is 4.78. The Morgan fingerprint density at radius 1 is 0.921 bits per heavy atom. The van der Waals surface area contributed by atoms with Crippen molar-refractivity contribution < 1.29 is 18.0 Å². The highest BCUT2D eigenvalue weighted by atomic mass is 19.4. The van der Waals surface area contributed by atoms with E-state index in [1.807, 2.05) is 49.7 Å². The molecule has 0 unspecified atom stereocenters. The molecule has 4 aromatic rings. The number of hydrogen-bond donors (Lipinski definition) is 0. The van der Waals surface area contributed by atoms with Crippen LogP contribution in [0.1, 0.15) is 46.3 Å². The van der Waals surface area contributed by atoms with Crippen LogP contribution < -0.4 is 4.90 Å². The quantitative estimate of drug-likeness (QED) is 0.361. The largest absolute Gasteiger partial charge is 0.416 e. The van der Waals surface area contributed by atoms with E-state index in [-0.39, 0.29) is 11.5 Å². The van der Waals surface area contributed by atoms with Crippen LogP contribution in [0.5, 0.6) is 0 Å². The second-order valence-electron chi connectivity index (χ2n) is 9.56. The Hall–Kier alpha value is -3.95. The number of benzene rings is 2. The summed E-state index contributed by atoms with van der Waals surface area (Å²) in [5, 5.41) is 5.67. The van der Waals surface area contributed by atoms with Gasteiger partial charge in [-0.05, 0) is 56.7 Å². The lowest BCUT2D eigenvalue weighted by atomic mass is 10.1. The number of fused-ring (bicyclic) bond motifs is 1. The monoisotopic (exact) mass is 522 g/mol. The van der Waals surface area contributed by atoms with Crippen LogP contribution in [-0.2, 0) is 12.6 Å². The van der Waals surface area contributed by atoms with Crippen LogP contribution in [0.3, 0.4) is 0 Å². The number of rotatable bonds is 4. The minimum atomic E-state index is -4.43. The van der Waals surface area contributed by atoms with E-state index in [1.165, 1.54) is 12.1 Å². The van der Waals surface area contributed by atoms with Crippen molar-refractivity contribution in [1.29, 1.82) is 0 Å². The number of alkyl halides is 3. The molecule has 0 atom stereocenters. The van der Waals surface area contributed by atoms with Crippen molar-refractivity contribution in [3.8, 4) is 5.69 Å². The van der Waals surface area contributed by atoms with E-state index in [1.54, 1.807) is 4.90 Å². The van der Waals surface area contributed by atoms with Gasteiger partial charge in [-0.15, -0.1) is 0 Å². The number of nitrogens with zero attached hydrogens (tertiary/aromatic N) is 6. The fraction of sp³-hybridized carbons (Fsp3) is 0.357. The Morgan fingerprint density at radius 2 is 1.63 bits per heavy atom. The molecule has 1 saturated heterocycles. The van der Waals surface area contributed by atoms with Gasteiger partial charge in [-0.3, -0.25) is 4.79 Å². The summed E-state index contributed by atoms with van der Waals surface area (Å²) >= 11 is 0. The minimum Gasteiger partial charge on any atom is -0.354 e. The number of halogens is 3. The van der Waals surface area contributed by atoms with Crippen molar-refractivity contribution in [3.63, 3.8) is 0 Å². The number of anilines is 1. The first-order valence-corrected chi connectivity index (χ1v) is 12.7. The van der Waals surface area contributed by atoms with Crippen LogP contribution in [0.4, 0.5) is 19.0 Å². The number of hydrogen-bond acceptors (Lipinski definition) is 5. The molecule has 5 rings (SSSR count). The molecule has 10 heteroatoms. The van der Waals surface area contributed by atoms with E-state index >= 15 is 0 Å². The number of aryl methyl sites for hydroxylation is 3. The van der Waals surface area contributed by atoms with Gasteiger partial charge >= 0.3 is 6.18 Å². The van der Waals surface area contributed by atoms with Crippen LogP contribution in [0.2, 0.25) is 0 Å². The minimum absolute atomic E-state index is 0.249. The summed E-state index contributed by atoms with van der Waals surface area (Å²) in [4.78, 5) is 26.7. The van der Waals surface area contributed by atoms with Crippen LogP contribution in [0.25, 0.3) is 16.7 Å². The summed E-state index contributed by atoms with van der Waals surface area (Å²) in [5.41, 5.74) is 3.13. The molecule has 2 aromatic carbocycles. The second kappa shape index (κ2) is 10.1. The first kappa shape index (κ1) is 25.7. The van der Waals surface area contributed by atoms with Gasteiger partial charge in [-0.2, -0.15) is 18.3 Å². The highest BCUT2D eigenvalue weighted by Gasteiger charge is 2.31. The van der Waals surface area contributed by atoms with Crippen LogP contribution in [-0.4, -0.2) is 56.7 Å². The molecule has 7 nitrogen and oxygen atoms in total. The molecule has 38 heavy (non-hydrogen) atoms. The number of amides is 1. The molecule has 1 aliphatic heterocycles. The predicted molar refractivity (Wildman–Crippen MR) is 140 cm³/mol. The Kier molecular flexibility index (Phi) is 6.81. The highest BCUT2D eigenvalue weighted by molar-refractivity contribution is 5.94. The lowest BCUT2D eigenvalue weighted by molar-refractivity contribution is -0.137. The molecule has 1 aliphatic rings. The number of aromatic nitrogens is 4. The third kappa shape index (κ3) is 4.94. The summed E-state index contributed by atoms with van der Waals surface area (Å²) in [6.45, 7) is 8.15. The third-order valence-corrected chi connectivity index (χ3v) is 6.87. The molecule has 198 valence electrons. The molecular formula is C28H29F3N6O. The zero-order valence-electron chi connectivity index (χ0n) is 21.6. The maximum Gasteiger partial charge on any atom is 0.416 e. The normalized spacial score (nSPS) is 14.7. The van der Waals surface area contributed by atoms with Gasteiger partial charge in [0, 0.05) is 38.2 Å². The summed E-state index contributed by atoms with van der Waals surface area (Å²) in [5.74, 6) is 1.24. The average molecular weight is 523 g/mol. The van der Waals surface area contributed by atoms with Crippen molar-refractivity contribution in [2.24, 2.45) is 0 Å². The zero-order chi connectivity index (χ0) is 27.0. The molecule has 1 amide bonds. The van der Waals surface area contributed by atoms with Crippen molar-refractivity contribution >= 4 is 22.8 Å². The predicted octanol–water partition coefficient (Wildman–Crippen LogP) is 5.37. The topological polar surface area (TPSA) is 67.2 Å². The lowest BCUT2D eigenvalue weighted by Crippen LogP contribution is -2.35. The fourth-order valence-electron chi connectivity index (χ4n) is 4.78. The van der Waals surface area contributed by atoms with Gasteiger partial charge in [0.15, 0.2) is 5.65 Å². The number of carbonyl (C=O) groups excluding carboxylic acids is 1. The summed E-state index contributed by atoms with van der Waals surface area (Å²) in [7, 11) is 0. The van der Waals surface area contributed by atoms with Gasteiger partial charge < -0.3 is 9.80 Å². The Morgan fingerprint density at radius 3 is 2.29 bits per heavy atom. The van der Waals surface area contributed by atoms with Gasteiger partial charge in [0.25, 0.3) is 5.91 Å². The molecule has 2 aromatic heterocycles. The van der Waals surface area contributed by atoms with Crippen molar-refractivity contribution in [2.75, 3.05) is 31.1 Å². The van der Waals surface area contributed by atoms with Crippen molar-refractivity contribution in [3.05, 3.63) is 76.7 Å². The molecule has 0 bridgehead atoms. The average Bonchev–Trinajstić information content (AvgIpc) is 3.07. The molecular weight excluding hydrogens is 493 g/mol. The van der Waals surface area contributed by atoms with E-state index in [4.69, 9.17) is 15.1 Å². The van der Waals surface area contributed by atoms with Crippen molar-refractivity contribution in [1.82, 2.24) is 24.6 Å². The first-order valence-electron chi connectivity index (χ1n) is 12.7. The van der Waals surface area contributed by atoms with Gasteiger partial charge in [-0.1, -0.05) is 24.6 Å². The van der Waals surface area contributed by atoms with Gasteiger partial charge in [0.05, 0.1) is 22.3 Å². The standard InChI is InChI=1S/C28H29F3N6O/c1-4-23-32-25(24-19(3)34-37(26(24)33-23)22-12-6-18(2)7-13-22)35-14-5-15-36(17-16-35)27(38)20-8-10-21(11-9-20)28(29,30)31/h6-13H,4-5,14-17H2,1-3H3. The van der Waals surface area contributed by atoms with Crippen molar-refractivity contribution in [2.45, 2.75) is 39.8 Å². The van der Waals surface area contributed by atoms with E-state index < -0.39 is 11.7 Å². The summed E-state index contributed by atoms with van der Waals surface area (Å²) in [6, 6.07) is 12.5. The Bertz CT molecular complexity index is 1460. The number of carbonyl (C=O) groups is 1. The molecule has 0 N–H and O–H groups in total. The third-order valence-electron chi connectivity index (χ3n) is 6.87. The maximum absolute atomic E-state index is 13.1. The first-order chi connectivity index (χ1) is 18.2. The summed E-state index contributed by atoms with van der Waals surface area (Å²) in [6.07, 6.45) is -3.08. The van der Waals surface area contributed by atoms with Crippen LogP contribution in [0, 0.1) is 13.8 Å². The van der Waals surface area contributed by atoms with Gasteiger partial charge in [0.1, 0.15) is 11.6 Å². The molecule has 1 fully saturated rings.